The molecule has 1 N–H and O–H groups in total. The van der Waals surface area contributed by atoms with E-state index in [1.807, 2.05) is 0 Å². The fourth-order valence-electron chi connectivity index (χ4n) is 2.04. The number of hydrogen-bond acceptors (Lipinski definition) is 7. The van der Waals surface area contributed by atoms with Gasteiger partial charge >= 0.3 is 10.1 Å². The van der Waals surface area contributed by atoms with E-state index in [1.54, 1.807) is 18.2 Å². The molecule has 120 valence electrons. The molecule has 0 saturated carbocycles. The van der Waals surface area contributed by atoms with E-state index in [9.17, 15) is 29.8 Å². The summed E-state index contributed by atoms with van der Waals surface area (Å²) >= 11 is 0. The van der Waals surface area contributed by atoms with E-state index in [1.165, 1.54) is 18.2 Å². The zero-order chi connectivity index (χ0) is 16.5. The van der Waals surface area contributed by atoms with Gasteiger partial charge in [-0.3, -0.25) is 4.55 Å². The predicted octanol–water partition coefficient (Wildman–Crippen LogP) is 0.599. The van der Waals surface area contributed by atoms with E-state index >= 15 is 0 Å². The van der Waals surface area contributed by atoms with Crippen LogP contribution in [0.5, 0.6) is 0 Å². The maximum Gasteiger partial charge on any atom is 0.306 e. The number of hydrogen-bond donors (Lipinski definition) is 2. The Morgan fingerprint density at radius 3 is 2.14 bits per heavy atom. The minimum Gasteiger partial charge on any atom is -0.284 e. The van der Waals surface area contributed by atoms with Crippen LogP contribution in [0.4, 0.5) is 0 Å². The second-order valence-corrected chi connectivity index (χ2v) is 8.51. The highest BCUT2D eigenvalue weighted by molar-refractivity contribution is 8.06. The second kappa shape index (κ2) is 5.93. The van der Waals surface area contributed by atoms with E-state index in [0.717, 1.165) is 6.07 Å². The summed E-state index contributed by atoms with van der Waals surface area (Å²) in [7, 11) is -14.2. The largest absolute Gasteiger partial charge is 0.306 e. The Bertz CT molecular complexity index is 976. The lowest BCUT2D eigenvalue weighted by atomic mass is 10.1. The van der Waals surface area contributed by atoms with Crippen molar-refractivity contribution < 1.29 is 33.4 Å². The molecule has 1 unspecified atom stereocenters. The first-order chi connectivity index (χ1) is 10.1. The van der Waals surface area contributed by atoms with Gasteiger partial charge in [-0.05, 0) is 16.3 Å². The summed E-state index contributed by atoms with van der Waals surface area (Å²) in [5.41, 5.74) is -0.308. The number of rotatable bonds is 5. The molecule has 0 bridgehead atoms. The Morgan fingerprint density at radius 2 is 1.55 bits per heavy atom. The van der Waals surface area contributed by atoms with Crippen molar-refractivity contribution in [1.82, 2.24) is 0 Å². The van der Waals surface area contributed by atoms with Crippen LogP contribution in [0.3, 0.4) is 0 Å². The first-order valence-electron chi connectivity index (χ1n) is 5.65. The molecule has 2 aromatic carbocycles. The van der Waals surface area contributed by atoms with Crippen LogP contribution in [-0.4, -0.2) is 29.8 Å². The smallest absolute Gasteiger partial charge is 0.284 e. The Balaban J connectivity index is 2.80. The van der Waals surface area contributed by atoms with Crippen molar-refractivity contribution in [2.45, 2.75) is 4.58 Å². The normalized spacial score (nSPS) is 14.3. The van der Waals surface area contributed by atoms with Gasteiger partial charge in [0.25, 0.3) is 21.1 Å². The van der Waals surface area contributed by atoms with E-state index < -0.39 is 35.8 Å². The van der Waals surface area contributed by atoms with Crippen LogP contribution in [-0.2, 0) is 34.9 Å². The molecule has 0 spiro atoms. The summed E-state index contributed by atoms with van der Waals surface area (Å²) in [6.45, 7) is 0. The fraction of sp³-hybridized carbons (Fsp3) is 0.0909. The average molecular weight is 366 g/mol. The van der Waals surface area contributed by atoms with Crippen LogP contribution < -0.4 is 0 Å². The third-order valence-corrected chi connectivity index (χ3v) is 7.10. The van der Waals surface area contributed by atoms with Gasteiger partial charge in [0, 0.05) is 0 Å². The number of fused-ring (bicyclic) bond motifs is 1. The molecule has 1 atom stereocenters. The summed E-state index contributed by atoms with van der Waals surface area (Å²) in [5.74, 6) is 0. The van der Waals surface area contributed by atoms with Crippen LogP contribution >= 0.6 is 0 Å². The number of thiol groups is 1. The molecule has 0 heterocycles. The molecule has 0 fully saturated rings. The van der Waals surface area contributed by atoms with E-state index in [0.29, 0.717) is 5.39 Å². The molecule has 11 heteroatoms. The van der Waals surface area contributed by atoms with Gasteiger partial charge in [0.05, 0.1) is 0 Å². The second-order valence-electron chi connectivity index (χ2n) is 4.21. The third kappa shape index (κ3) is 3.44. The average Bonchev–Trinajstić information content (AvgIpc) is 2.35. The molecule has 8 nitrogen and oxygen atoms in total. The maximum absolute atomic E-state index is 11.9. The zero-order valence-electron chi connectivity index (χ0n) is 10.7. The van der Waals surface area contributed by atoms with Crippen molar-refractivity contribution in [2.75, 3.05) is 0 Å². The van der Waals surface area contributed by atoms with Crippen molar-refractivity contribution in [1.29, 1.82) is 0 Å². The first kappa shape index (κ1) is 16.8. The summed E-state index contributed by atoms with van der Waals surface area (Å²) in [6.07, 6.45) is 0. The lowest BCUT2D eigenvalue weighted by molar-refractivity contribution is 0.458. The van der Waals surface area contributed by atoms with Gasteiger partial charge in [0.1, 0.15) is 0 Å². The minimum absolute atomic E-state index is 0.223. The van der Waals surface area contributed by atoms with Gasteiger partial charge in [-0.25, -0.2) is 8.42 Å². The van der Waals surface area contributed by atoms with Gasteiger partial charge in [-0.15, -0.1) is 3.63 Å². The molecule has 0 amide bonds. The Labute approximate surface area is 128 Å². The van der Waals surface area contributed by atoms with Crippen LogP contribution in [0.1, 0.15) is 10.1 Å². The monoisotopic (exact) mass is 366 g/mol. The molecule has 0 aromatic heterocycles. The SMILES string of the molecule is O=[SH](=O)OS(=O)(=O)C(c1cccc2ccccc12)S(=O)(=O)O. The molecule has 0 aliphatic heterocycles. The zero-order valence-corrected chi connectivity index (χ0v) is 13.2. The van der Waals surface area contributed by atoms with Crippen LogP contribution in [0.2, 0.25) is 0 Å². The fourth-order valence-corrected chi connectivity index (χ4v) is 5.59. The van der Waals surface area contributed by atoms with Gasteiger partial charge in [-0.2, -0.15) is 16.8 Å². The molecular weight excluding hydrogens is 356 g/mol. The van der Waals surface area contributed by atoms with Gasteiger partial charge < -0.3 is 0 Å². The van der Waals surface area contributed by atoms with Crippen LogP contribution in [0.25, 0.3) is 10.8 Å². The Morgan fingerprint density at radius 1 is 0.955 bits per heavy atom. The summed E-state index contributed by atoms with van der Waals surface area (Å²) < 4.78 is 78.2. The Hall–Kier alpha value is -1.53. The lowest BCUT2D eigenvalue weighted by Crippen LogP contribution is -2.24. The standard InChI is InChI=1S/C11H10O8S3/c12-20(13)19-22(17,18)11(21(14,15)16)10-7-3-5-8-4-1-2-6-9(8)10/h1-7,11,20H,(H,14,15,16). The Kier molecular flexibility index (Phi) is 4.54. The van der Waals surface area contributed by atoms with Gasteiger partial charge in [0.2, 0.25) is 4.58 Å². The minimum atomic E-state index is -5.19. The highest BCUT2D eigenvalue weighted by Gasteiger charge is 2.41. The summed E-state index contributed by atoms with van der Waals surface area (Å²) in [6, 6.07) is 10.4. The van der Waals surface area contributed by atoms with Crippen molar-refractivity contribution in [2.24, 2.45) is 0 Å². The van der Waals surface area contributed by atoms with Crippen molar-refractivity contribution >= 4 is 42.0 Å². The topological polar surface area (TPSA) is 132 Å². The lowest BCUT2D eigenvalue weighted by Gasteiger charge is -2.15. The molecular formula is C11H10O8S3. The molecule has 0 radical (unpaired) electrons. The number of benzene rings is 2. The predicted molar refractivity (Wildman–Crippen MR) is 78.6 cm³/mol. The third-order valence-electron chi connectivity index (χ3n) is 2.77. The van der Waals surface area contributed by atoms with Crippen molar-refractivity contribution in [3.05, 3.63) is 48.0 Å². The first-order valence-corrected chi connectivity index (χ1v) is 9.72. The molecule has 22 heavy (non-hydrogen) atoms. The van der Waals surface area contributed by atoms with E-state index in [4.69, 9.17) is 0 Å². The van der Waals surface area contributed by atoms with Crippen molar-refractivity contribution in [3.63, 3.8) is 0 Å². The summed E-state index contributed by atoms with van der Waals surface area (Å²) in [4.78, 5) is 0. The highest BCUT2D eigenvalue weighted by atomic mass is 32.3. The quantitative estimate of drug-likeness (QED) is 0.581. The van der Waals surface area contributed by atoms with E-state index in [-0.39, 0.29) is 10.9 Å². The molecule has 2 rings (SSSR count). The molecule has 0 saturated heterocycles. The molecule has 2 aromatic rings. The van der Waals surface area contributed by atoms with Gasteiger partial charge in [0.15, 0.2) is 0 Å². The van der Waals surface area contributed by atoms with Crippen LogP contribution in [0, 0.1) is 0 Å². The maximum atomic E-state index is 11.9. The van der Waals surface area contributed by atoms with Crippen LogP contribution in [0.15, 0.2) is 42.5 Å². The highest BCUT2D eigenvalue weighted by Crippen LogP contribution is 2.34. The molecule has 0 aliphatic carbocycles. The van der Waals surface area contributed by atoms with E-state index in [2.05, 4.69) is 3.63 Å². The van der Waals surface area contributed by atoms with Crippen molar-refractivity contribution in [3.8, 4) is 0 Å². The molecule has 0 aliphatic rings. The van der Waals surface area contributed by atoms with Gasteiger partial charge in [-0.1, -0.05) is 42.5 Å². The summed E-state index contributed by atoms with van der Waals surface area (Å²) in [5, 5.41) is 0.733.